The van der Waals surface area contributed by atoms with Crippen molar-refractivity contribution >= 4 is 0 Å². The lowest BCUT2D eigenvalue weighted by molar-refractivity contribution is 0.286. The number of methoxy groups -OCH3 is 1. The van der Waals surface area contributed by atoms with E-state index in [4.69, 9.17) is 4.74 Å². The first-order valence-corrected chi connectivity index (χ1v) is 6.21. The van der Waals surface area contributed by atoms with Crippen LogP contribution in [-0.4, -0.2) is 7.11 Å². The Bertz CT molecular complexity index is 324. The van der Waals surface area contributed by atoms with Gasteiger partial charge in [-0.2, -0.15) is 0 Å². The van der Waals surface area contributed by atoms with Crippen molar-refractivity contribution in [3.8, 4) is 5.75 Å². The zero-order valence-corrected chi connectivity index (χ0v) is 11.2. The predicted molar refractivity (Wildman–Crippen MR) is 70.1 cm³/mol. The van der Waals surface area contributed by atoms with Gasteiger partial charge in [-0.05, 0) is 17.4 Å². The van der Waals surface area contributed by atoms with E-state index in [2.05, 4.69) is 45.9 Å². The zero-order valence-electron chi connectivity index (χ0n) is 11.2. The highest BCUT2D eigenvalue weighted by atomic mass is 16.5. The number of benzene rings is 1. The highest BCUT2D eigenvalue weighted by molar-refractivity contribution is 5.39. The lowest BCUT2D eigenvalue weighted by Crippen LogP contribution is -2.28. The summed E-state index contributed by atoms with van der Waals surface area (Å²) in [6.45, 7) is 9.18. The number of ether oxygens (including phenoxy) is 1. The molecule has 0 amide bonds. The van der Waals surface area contributed by atoms with Gasteiger partial charge in [-0.1, -0.05) is 58.7 Å². The van der Waals surface area contributed by atoms with Crippen LogP contribution in [0.5, 0.6) is 5.75 Å². The van der Waals surface area contributed by atoms with Crippen LogP contribution >= 0.6 is 0 Å². The fraction of sp³-hybridized carbons (Fsp3) is 0.600. The highest BCUT2D eigenvalue weighted by Gasteiger charge is 2.31. The Kier molecular flexibility index (Phi) is 4.40. The Morgan fingerprint density at radius 1 is 1.12 bits per heavy atom. The average Bonchev–Trinajstić information content (AvgIpc) is 2.30. The first kappa shape index (κ1) is 13.1. The smallest absolute Gasteiger partial charge is 0.122 e. The third kappa shape index (κ3) is 2.40. The Labute approximate surface area is 99.8 Å². The van der Waals surface area contributed by atoms with Gasteiger partial charge in [0.2, 0.25) is 0 Å². The summed E-state index contributed by atoms with van der Waals surface area (Å²) < 4.78 is 5.47. The van der Waals surface area contributed by atoms with Gasteiger partial charge >= 0.3 is 0 Å². The van der Waals surface area contributed by atoms with Crippen molar-refractivity contribution in [2.45, 2.75) is 46.0 Å². The van der Waals surface area contributed by atoms with Crippen LogP contribution in [0.2, 0.25) is 0 Å². The van der Waals surface area contributed by atoms with E-state index in [1.165, 1.54) is 18.4 Å². The molecular formula is C15H24O. The van der Waals surface area contributed by atoms with Gasteiger partial charge in [0.25, 0.3) is 0 Å². The topological polar surface area (TPSA) is 9.23 Å². The summed E-state index contributed by atoms with van der Waals surface area (Å²) in [5.41, 5.74) is 1.50. The third-order valence-electron chi connectivity index (χ3n) is 3.81. The van der Waals surface area contributed by atoms with Gasteiger partial charge in [0.1, 0.15) is 5.75 Å². The minimum atomic E-state index is 0.177. The minimum Gasteiger partial charge on any atom is -0.496 e. The predicted octanol–water partition coefficient (Wildman–Crippen LogP) is 4.41. The van der Waals surface area contributed by atoms with Gasteiger partial charge in [0.15, 0.2) is 0 Å². The molecule has 1 nitrogen and oxygen atoms in total. The first-order valence-electron chi connectivity index (χ1n) is 6.21. The number of hydrogen-bond donors (Lipinski definition) is 0. The summed E-state index contributed by atoms with van der Waals surface area (Å²) in [4.78, 5) is 0. The van der Waals surface area contributed by atoms with E-state index in [-0.39, 0.29) is 5.41 Å². The van der Waals surface area contributed by atoms with E-state index in [1.807, 2.05) is 6.07 Å². The van der Waals surface area contributed by atoms with E-state index in [0.717, 1.165) is 5.75 Å². The standard InChI is InChI=1S/C15H24O/c1-6-12(7-2)15(3,4)13-10-8-9-11-14(13)16-5/h8-12H,6-7H2,1-5H3. The van der Waals surface area contributed by atoms with Gasteiger partial charge in [0.05, 0.1) is 7.11 Å². The summed E-state index contributed by atoms with van der Waals surface area (Å²) in [7, 11) is 1.75. The van der Waals surface area contributed by atoms with Crippen molar-refractivity contribution in [2.24, 2.45) is 5.92 Å². The van der Waals surface area contributed by atoms with E-state index < -0.39 is 0 Å². The van der Waals surface area contributed by atoms with Crippen molar-refractivity contribution in [3.63, 3.8) is 0 Å². The maximum absolute atomic E-state index is 5.47. The second-order valence-corrected chi connectivity index (χ2v) is 4.94. The normalized spacial score (nSPS) is 11.9. The molecule has 0 aliphatic heterocycles. The molecule has 0 fully saturated rings. The monoisotopic (exact) mass is 220 g/mol. The molecule has 1 heteroatoms. The molecule has 0 aromatic heterocycles. The lowest BCUT2D eigenvalue weighted by atomic mass is 9.71. The molecule has 1 aromatic carbocycles. The van der Waals surface area contributed by atoms with Gasteiger partial charge in [-0.3, -0.25) is 0 Å². The van der Waals surface area contributed by atoms with Crippen molar-refractivity contribution in [1.29, 1.82) is 0 Å². The maximum atomic E-state index is 5.47. The van der Waals surface area contributed by atoms with E-state index >= 15 is 0 Å². The molecule has 0 bridgehead atoms. The maximum Gasteiger partial charge on any atom is 0.122 e. The van der Waals surface area contributed by atoms with Crippen LogP contribution in [0.3, 0.4) is 0 Å². The van der Waals surface area contributed by atoms with Gasteiger partial charge in [0, 0.05) is 5.56 Å². The molecule has 0 heterocycles. The Morgan fingerprint density at radius 2 is 1.69 bits per heavy atom. The molecule has 0 radical (unpaired) electrons. The van der Waals surface area contributed by atoms with Gasteiger partial charge < -0.3 is 4.74 Å². The highest BCUT2D eigenvalue weighted by Crippen LogP contribution is 2.40. The molecular weight excluding hydrogens is 196 g/mol. The summed E-state index contributed by atoms with van der Waals surface area (Å²) in [5, 5.41) is 0. The summed E-state index contributed by atoms with van der Waals surface area (Å²) in [5.74, 6) is 1.71. The molecule has 1 aromatic rings. The fourth-order valence-corrected chi connectivity index (χ4v) is 2.71. The molecule has 16 heavy (non-hydrogen) atoms. The molecule has 0 saturated carbocycles. The zero-order chi connectivity index (χ0) is 12.2. The summed E-state index contributed by atoms with van der Waals surface area (Å²) in [6.07, 6.45) is 2.42. The first-order chi connectivity index (χ1) is 7.57. The molecule has 90 valence electrons. The van der Waals surface area contributed by atoms with E-state index in [1.54, 1.807) is 7.11 Å². The van der Waals surface area contributed by atoms with Crippen LogP contribution in [0.25, 0.3) is 0 Å². The quantitative estimate of drug-likeness (QED) is 0.714. The van der Waals surface area contributed by atoms with Gasteiger partial charge in [-0.15, -0.1) is 0 Å². The fourth-order valence-electron chi connectivity index (χ4n) is 2.71. The SMILES string of the molecule is CCC(CC)C(C)(C)c1ccccc1OC. The largest absolute Gasteiger partial charge is 0.496 e. The van der Waals surface area contributed by atoms with Crippen LogP contribution < -0.4 is 4.74 Å². The molecule has 0 N–H and O–H groups in total. The van der Waals surface area contributed by atoms with E-state index in [9.17, 15) is 0 Å². The number of rotatable bonds is 5. The Morgan fingerprint density at radius 3 is 2.19 bits per heavy atom. The van der Waals surface area contributed by atoms with Crippen molar-refractivity contribution in [1.82, 2.24) is 0 Å². The summed E-state index contributed by atoms with van der Waals surface area (Å²) in [6, 6.07) is 8.38. The van der Waals surface area contributed by atoms with Crippen LogP contribution in [0.1, 0.15) is 46.1 Å². The molecule has 0 saturated heterocycles. The Hall–Kier alpha value is -0.980. The Balaban J connectivity index is 3.14. The molecule has 1 rings (SSSR count). The van der Waals surface area contributed by atoms with Crippen molar-refractivity contribution in [3.05, 3.63) is 29.8 Å². The molecule has 0 aliphatic carbocycles. The van der Waals surface area contributed by atoms with Crippen LogP contribution in [-0.2, 0) is 5.41 Å². The average molecular weight is 220 g/mol. The molecule has 0 aliphatic rings. The lowest BCUT2D eigenvalue weighted by Gasteiger charge is -2.34. The minimum absolute atomic E-state index is 0.177. The van der Waals surface area contributed by atoms with Crippen LogP contribution in [0, 0.1) is 5.92 Å². The van der Waals surface area contributed by atoms with Crippen LogP contribution in [0.4, 0.5) is 0 Å². The van der Waals surface area contributed by atoms with Crippen molar-refractivity contribution < 1.29 is 4.74 Å². The molecule has 0 unspecified atom stereocenters. The second kappa shape index (κ2) is 5.38. The number of para-hydroxylation sites is 1. The molecule has 0 atom stereocenters. The second-order valence-electron chi connectivity index (χ2n) is 4.94. The van der Waals surface area contributed by atoms with Gasteiger partial charge in [-0.25, -0.2) is 0 Å². The molecule has 0 spiro atoms. The third-order valence-corrected chi connectivity index (χ3v) is 3.81. The van der Waals surface area contributed by atoms with Crippen LogP contribution in [0.15, 0.2) is 24.3 Å². The number of hydrogen-bond acceptors (Lipinski definition) is 1. The van der Waals surface area contributed by atoms with E-state index in [0.29, 0.717) is 5.92 Å². The van der Waals surface area contributed by atoms with Crippen molar-refractivity contribution in [2.75, 3.05) is 7.11 Å². The summed E-state index contributed by atoms with van der Waals surface area (Å²) >= 11 is 0.